The van der Waals surface area contributed by atoms with Crippen molar-refractivity contribution in [2.24, 2.45) is 5.73 Å². The molecule has 1 aliphatic rings. The van der Waals surface area contributed by atoms with E-state index in [1.807, 2.05) is 20.8 Å². The number of nitrogens with two attached hydrogens (primary N) is 1. The highest BCUT2D eigenvalue weighted by atomic mass is 16.6. The molecule has 1 fully saturated rings. The number of primary amides is 1. The molecule has 1 rings (SSSR count). The quantitative estimate of drug-likeness (QED) is 0.631. The molecule has 1 saturated carbocycles. The second-order valence-electron chi connectivity index (χ2n) is 5.73. The van der Waals surface area contributed by atoms with Gasteiger partial charge >= 0.3 is 6.09 Å². The first-order valence-electron chi connectivity index (χ1n) is 6.41. The Balaban J connectivity index is 2.21. The summed E-state index contributed by atoms with van der Waals surface area (Å²) in [4.78, 5) is 27.0. The van der Waals surface area contributed by atoms with Crippen molar-refractivity contribution in [3.8, 4) is 0 Å². The SMILES string of the molecule is CC(C)(C)OC(=O)NC1CCC(NOCC(N)=O)C1. The van der Waals surface area contributed by atoms with E-state index in [-0.39, 0.29) is 18.7 Å². The zero-order valence-corrected chi connectivity index (χ0v) is 11.7. The average molecular weight is 273 g/mol. The molecule has 0 aromatic heterocycles. The van der Waals surface area contributed by atoms with Crippen LogP contribution in [0, 0.1) is 0 Å². The minimum absolute atomic E-state index is 0.0597. The van der Waals surface area contributed by atoms with Crippen molar-refractivity contribution < 1.29 is 19.2 Å². The third-order valence-electron chi connectivity index (χ3n) is 2.62. The van der Waals surface area contributed by atoms with Crippen molar-refractivity contribution in [2.45, 2.75) is 57.7 Å². The van der Waals surface area contributed by atoms with Gasteiger partial charge in [-0.15, -0.1) is 0 Å². The molecule has 0 saturated heterocycles. The van der Waals surface area contributed by atoms with Crippen LogP contribution >= 0.6 is 0 Å². The van der Waals surface area contributed by atoms with Crippen molar-refractivity contribution in [1.82, 2.24) is 10.8 Å². The highest BCUT2D eigenvalue weighted by Crippen LogP contribution is 2.19. The fraction of sp³-hybridized carbons (Fsp3) is 0.833. The second kappa shape index (κ2) is 6.72. The minimum Gasteiger partial charge on any atom is -0.444 e. The Hall–Kier alpha value is -1.34. The molecule has 0 aliphatic heterocycles. The van der Waals surface area contributed by atoms with Gasteiger partial charge in [-0.3, -0.25) is 9.63 Å². The maximum Gasteiger partial charge on any atom is 0.407 e. The standard InChI is InChI=1S/C12H23N3O4/c1-12(2,3)19-11(17)14-8-4-5-9(6-8)15-18-7-10(13)16/h8-9,15H,4-7H2,1-3H3,(H2,13,16)(H,14,17). The summed E-state index contributed by atoms with van der Waals surface area (Å²) >= 11 is 0. The second-order valence-corrected chi connectivity index (χ2v) is 5.73. The van der Waals surface area contributed by atoms with Gasteiger partial charge in [0.05, 0.1) is 0 Å². The van der Waals surface area contributed by atoms with Crippen molar-refractivity contribution >= 4 is 12.0 Å². The van der Waals surface area contributed by atoms with Crippen molar-refractivity contribution in [2.75, 3.05) is 6.61 Å². The smallest absolute Gasteiger partial charge is 0.407 e. The Kier molecular flexibility index (Phi) is 5.56. The summed E-state index contributed by atoms with van der Waals surface area (Å²) in [5, 5.41) is 2.82. The molecule has 7 heteroatoms. The lowest BCUT2D eigenvalue weighted by Gasteiger charge is -2.21. The number of carbonyl (C=O) groups excluding carboxylic acids is 2. The van der Waals surface area contributed by atoms with Crippen LogP contribution in [0.3, 0.4) is 0 Å². The Morgan fingerprint density at radius 1 is 1.26 bits per heavy atom. The summed E-state index contributed by atoms with van der Waals surface area (Å²) in [5.41, 5.74) is 7.23. The number of carbonyl (C=O) groups is 2. The maximum atomic E-state index is 11.6. The van der Waals surface area contributed by atoms with Crippen LogP contribution in [0.25, 0.3) is 0 Å². The average Bonchev–Trinajstić information content (AvgIpc) is 2.61. The van der Waals surface area contributed by atoms with E-state index in [0.717, 1.165) is 19.3 Å². The van der Waals surface area contributed by atoms with Gasteiger partial charge in [-0.1, -0.05) is 0 Å². The van der Waals surface area contributed by atoms with Crippen LogP contribution in [-0.2, 0) is 14.4 Å². The van der Waals surface area contributed by atoms with Crippen molar-refractivity contribution in [3.63, 3.8) is 0 Å². The number of nitrogens with one attached hydrogen (secondary N) is 2. The molecule has 1 aliphatic carbocycles. The van der Waals surface area contributed by atoms with Crippen molar-refractivity contribution in [3.05, 3.63) is 0 Å². The number of rotatable bonds is 5. The summed E-state index contributed by atoms with van der Waals surface area (Å²) in [6.45, 7) is 5.32. The Labute approximate surface area is 113 Å². The molecule has 0 aromatic rings. The van der Waals surface area contributed by atoms with Crippen LogP contribution in [0.5, 0.6) is 0 Å². The number of hydrogen-bond donors (Lipinski definition) is 3. The number of ether oxygens (including phenoxy) is 1. The van der Waals surface area contributed by atoms with Crippen LogP contribution < -0.4 is 16.5 Å². The summed E-state index contributed by atoms with van der Waals surface area (Å²) < 4.78 is 5.18. The van der Waals surface area contributed by atoms with Crippen LogP contribution in [0.1, 0.15) is 40.0 Å². The van der Waals surface area contributed by atoms with E-state index in [9.17, 15) is 9.59 Å². The molecular formula is C12H23N3O4. The normalized spacial score (nSPS) is 23.1. The van der Waals surface area contributed by atoms with Crippen LogP contribution in [0.2, 0.25) is 0 Å². The number of amides is 2. The fourth-order valence-electron chi connectivity index (χ4n) is 1.92. The molecule has 0 radical (unpaired) electrons. The van der Waals surface area contributed by atoms with Gasteiger partial charge in [0.15, 0.2) is 0 Å². The van der Waals surface area contributed by atoms with E-state index in [1.165, 1.54) is 0 Å². The lowest BCUT2D eigenvalue weighted by atomic mass is 10.2. The molecule has 0 spiro atoms. The molecule has 2 atom stereocenters. The maximum absolute atomic E-state index is 11.6. The van der Waals surface area contributed by atoms with Crippen LogP contribution in [0.4, 0.5) is 4.79 Å². The molecule has 0 aromatic carbocycles. The van der Waals surface area contributed by atoms with Gasteiger partial charge in [-0.05, 0) is 40.0 Å². The van der Waals surface area contributed by atoms with Crippen LogP contribution in [0.15, 0.2) is 0 Å². The summed E-state index contributed by atoms with van der Waals surface area (Å²) in [6, 6.07) is 0.170. The Bertz CT molecular complexity index is 327. The highest BCUT2D eigenvalue weighted by Gasteiger charge is 2.27. The van der Waals surface area contributed by atoms with Crippen molar-refractivity contribution in [1.29, 1.82) is 0 Å². The zero-order valence-electron chi connectivity index (χ0n) is 11.7. The first kappa shape index (κ1) is 15.7. The predicted octanol–water partition coefficient (Wildman–Crippen LogP) is 0.439. The third-order valence-corrected chi connectivity index (χ3v) is 2.62. The van der Waals surface area contributed by atoms with E-state index in [2.05, 4.69) is 10.8 Å². The molecule has 110 valence electrons. The summed E-state index contributed by atoms with van der Waals surface area (Å²) in [6.07, 6.45) is 2.03. The largest absolute Gasteiger partial charge is 0.444 e. The lowest BCUT2D eigenvalue weighted by molar-refractivity contribution is -0.126. The van der Waals surface area contributed by atoms with E-state index >= 15 is 0 Å². The van der Waals surface area contributed by atoms with Gasteiger partial charge in [-0.25, -0.2) is 4.79 Å². The topological polar surface area (TPSA) is 103 Å². The molecule has 7 nitrogen and oxygen atoms in total. The molecule has 2 unspecified atom stereocenters. The number of hydrogen-bond acceptors (Lipinski definition) is 5. The first-order chi connectivity index (χ1) is 8.76. The molecule has 4 N–H and O–H groups in total. The molecular weight excluding hydrogens is 250 g/mol. The van der Waals surface area contributed by atoms with Gasteiger partial charge < -0.3 is 15.8 Å². The predicted molar refractivity (Wildman–Crippen MR) is 69.1 cm³/mol. The Morgan fingerprint density at radius 2 is 1.89 bits per heavy atom. The minimum atomic E-state index is -0.520. The molecule has 2 amide bonds. The van der Waals surface area contributed by atoms with Gasteiger partial charge in [0.25, 0.3) is 0 Å². The Morgan fingerprint density at radius 3 is 2.47 bits per heavy atom. The number of hydroxylamine groups is 1. The molecule has 0 bridgehead atoms. The van der Waals surface area contributed by atoms with Gasteiger partial charge in [-0.2, -0.15) is 5.48 Å². The van der Waals surface area contributed by atoms with E-state index in [0.29, 0.717) is 0 Å². The highest BCUT2D eigenvalue weighted by molar-refractivity contribution is 5.74. The van der Waals surface area contributed by atoms with E-state index in [1.54, 1.807) is 0 Å². The van der Waals surface area contributed by atoms with Gasteiger partial charge in [0.1, 0.15) is 12.2 Å². The monoisotopic (exact) mass is 273 g/mol. The van der Waals surface area contributed by atoms with Crippen LogP contribution in [-0.4, -0.2) is 36.3 Å². The summed E-state index contributed by atoms with van der Waals surface area (Å²) in [7, 11) is 0. The first-order valence-corrected chi connectivity index (χ1v) is 6.41. The lowest BCUT2D eigenvalue weighted by Crippen LogP contribution is -2.39. The van der Waals surface area contributed by atoms with Gasteiger partial charge in [0, 0.05) is 12.1 Å². The molecule has 19 heavy (non-hydrogen) atoms. The zero-order chi connectivity index (χ0) is 14.5. The molecule has 0 heterocycles. The summed E-state index contributed by atoms with van der Waals surface area (Å²) in [5.74, 6) is -0.520. The third kappa shape index (κ3) is 6.97. The fourth-order valence-corrected chi connectivity index (χ4v) is 1.92. The number of alkyl carbamates (subject to hydrolysis) is 1. The van der Waals surface area contributed by atoms with E-state index in [4.69, 9.17) is 15.3 Å². The van der Waals surface area contributed by atoms with Gasteiger partial charge in [0.2, 0.25) is 5.91 Å². The van der Waals surface area contributed by atoms with E-state index < -0.39 is 17.6 Å².